The van der Waals surface area contributed by atoms with Crippen molar-refractivity contribution in [3.05, 3.63) is 71.3 Å². The molecule has 160 valence electrons. The first-order chi connectivity index (χ1) is 15.0. The summed E-state index contributed by atoms with van der Waals surface area (Å²) in [5, 5.41) is 7.52. The van der Waals surface area contributed by atoms with Crippen LogP contribution in [0.15, 0.2) is 59.7 Å². The monoisotopic (exact) mass is 416 g/mol. The maximum Gasteiger partial charge on any atom is 0.311 e. The smallest absolute Gasteiger partial charge is 0.311 e. The average molecular weight is 417 g/mol. The Hall–Kier alpha value is -3.41. The summed E-state index contributed by atoms with van der Waals surface area (Å²) in [4.78, 5) is 26.9. The highest BCUT2D eigenvalue weighted by Gasteiger charge is 2.38. The van der Waals surface area contributed by atoms with Crippen LogP contribution in [0, 0.1) is 0 Å². The molecule has 1 heterocycles. The number of hydrogen-bond acceptors (Lipinski definition) is 5. The zero-order chi connectivity index (χ0) is 21.8. The molecule has 6 heteroatoms. The standard InChI is InChI=1S/C25H28N4O2/c1-29(2)20-11-9-18(10-12-20)17-26-28-24(31)23(30)15-22-21-8-4-3-7-19(21)16-25(27-22)13-5-6-14-25/h3-4,7-12,15,17,27H,5-6,13-14,16H2,1-2H3,(H,28,31). The van der Waals surface area contributed by atoms with Crippen molar-refractivity contribution < 1.29 is 9.59 Å². The third-order valence-corrected chi connectivity index (χ3v) is 6.09. The minimum atomic E-state index is -0.751. The molecule has 1 saturated carbocycles. The molecular weight excluding hydrogens is 388 g/mol. The Morgan fingerprint density at radius 1 is 1.06 bits per heavy atom. The number of carbonyl (C=O) groups excluding carboxylic acids is 2. The zero-order valence-corrected chi connectivity index (χ0v) is 18.0. The highest BCUT2D eigenvalue weighted by atomic mass is 16.2. The van der Waals surface area contributed by atoms with Gasteiger partial charge in [0, 0.05) is 42.7 Å². The molecule has 1 amide bonds. The number of nitrogens with zero attached hydrogens (tertiary/aromatic N) is 2. The molecule has 2 aromatic rings. The normalized spacial score (nSPS) is 18.1. The summed E-state index contributed by atoms with van der Waals surface area (Å²) in [6.07, 6.45) is 8.42. The molecule has 0 bridgehead atoms. The van der Waals surface area contributed by atoms with E-state index in [9.17, 15) is 9.59 Å². The molecule has 0 radical (unpaired) electrons. The van der Waals surface area contributed by atoms with Gasteiger partial charge in [-0.05, 0) is 42.5 Å². The summed E-state index contributed by atoms with van der Waals surface area (Å²) >= 11 is 0. The van der Waals surface area contributed by atoms with E-state index in [4.69, 9.17) is 0 Å². The average Bonchev–Trinajstić information content (AvgIpc) is 3.21. The van der Waals surface area contributed by atoms with Gasteiger partial charge < -0.3 is 10.2 Å². The van der Waals surface area contributed by atoms with E-state index in [-0.39, 0.29) is 5.54 Å². The van der Waals surface area contributed by atoms with Crippen molar-refractivity contribution in [2.24, 2.45) is 5.10 Å². The molecule has 2 aliphatic rings. The molecule has 0 atom stereocenters. The van der Waals surface area contributed by atoms with E-state index in [1.54, 1.807) is 0 Å². The lowest BCUT2D eigenvalue weighted by Gasteiger charge is -2.38. The van der Waals surface area contributed by atoms with Crippen LogP contribution in [-0.4, -0.2) is 37.5 Å². The number of nitrogens with one attached hydrogen (secondary N) is 2. The lowest BCUT2D eigenvalue weighted by Crippen LogP contribution is -2.47. The summed E-state index contributed by atoms with van der Waals surface area (Å²) < 4.78 is 0. The fraction of sp³-hybridized carbons (Fsp3) is 0.320. The zero-order valence-electron chi connectivity index (χ0n) is 18.0. The predicted molar refractivity (Wildman–Crippen MR) is 124 cm³/mol. The molecule has 1 fully saturated rings. The van der Waals surface area contributed by atoms with E-state index in [1.807, 2.05) is 61.5 Å². The van der Waals surface area contributed by atoms with E-state index in [0.29, 0.717) is 0 Å². The molecule has 1 aliphatic heterocycles. The second-order valence-electron chi connectivity index (χ2n) is 8.55. The summed E-state index contributed by atoms with van der Waals surface area (Å²) in [6.45, 7) is 0. The summed E-state index contributed by atoms with van der Waals surface area (Å²) in [5.74, 6) is -1.37. The van der Waals surface area contributed by atoms with Crippen molar-refractivity contribution in [1.29, 1.82) is 0 Å². The van der Waals surface area contributed by atoms with Crippen molar-refractivity contribution >= 4 is 29.3 Å². The SMILES string of the molecule is CN(C)c1ccc(C=NNC(=O)C(=O)C=C2NC3(CCCC3)Cc3ccccc32)cc1. The van der Waals surface area contributed by atoms with Gasteiger partial charge in [0.15, 0.2) is 0 Å². The lowest BCUT2D eigenvalue weighted by atomic mass is 9.82. The fourth-order valence-corrected chi connectivity index (χ4v) is 4.44. The first-order valence-electron chi connectivity index (χ1n) is 10.7. The first kappa shape index (κ1) is 20.8. The van der Waals surface area contributed by atoms with Crippen molar-refractivity contribution in [1.82, 2.24) is 10.7 Å². The van der Waals surface area contributed by atoms with Gasteiger partial charge in [-0.15, -0.1) is 0 Å². The first-order valence-corrected chi connectivity index (χ1v) is 10.7. The number of carbonyl (C=O) groups is 2. The molecular formula is C25H28N4O2. The van der Waals surface area contributed by atoms with Gasteiger partial charge in [-0.3, -0.25) is 9.59 Å². The third kappa shape index (κ3) is 4.68. The molecule has 31 heavy (non-hydrogen) atoms. The van der Waals surface area contributed by atoms with Crippen molar-refractivity contribution in [2.75, 3.05) is 19.0 Å². The van der Waals surface area contributed by atoms with Gasteiger partial charge in [0.05, 0.1) is 6.21 Å². The number of fused-ring (bicyclic) bond motifs is 1. The highest BCUT2D eigenvalue weighted by molar-refractivity contribution is 6.41. The number of rotatable bonds is 5. The summed E-state index contributed by atoms with van der Waals surface area (Å²) in [7, 11) is 3.94. The molecule has 6 nitrogen and oxygen atoms in total. The largest absolute Gasteiger partial charge is 0.379 e. The molecule has 0 aromatic heterocycles. The fourth-order valence-electron chi connectivity index (χ4n) is 4.44. The van der Waals surface area contributed by atoms with Crippen LogP contribution >= 0.6 is 0 Å². The Balaban J connectivity index is 1.45. The topological polar surface area (TPSA) is 73.8 Å². The van der Waals surface area contributed by atoms with Gasteiger partial charge in [0.1, 0.15) is 0 Å². The lowest BCUT2D eigenvalue weighted by molar-refractivity contribution is -0.135. The second kappa shape index (κ2) is 8.76. The van der Waals surface area contributed by atoms with Gasteiger partial charge in [0.2, 0.25) is 5.78 Å². The molecule has 4 rings (SSSR count). The van der Waals surface area contributed by atoms with Gasteiger partial charge in [-0.1, -0.05) is 49.2 Å². The van der Waals surface area contributed by atoms with Crippen LogP contribution in [-0.2, 0) is 16.0 Å². The quantitative estimate of drug-likeness (QED) is 0.340. The highest BCUT2D eigenvalue weighted by Crippen LogP contribution is 2.39. The van der Waals surface area contributed by atoms with Crippen LogP contribution in [0.25, 0.3) is 5.70 Å². The van der Waals surface area contributed by atoms with E-state index >= 15 is 0 Å². The Bertz CT molecular complexity index is 1030. The second-order valence-corrected chi connectivity index (χ2v) is 8.55. The van der Waals surface area contributed by atoms with Crippen LogP contribution in [0.2, 0.25) is 0 Å². The molecule has 1 spiro atoms. The third-order valence-electron chi connectivity index (χ3n) is 6.09. The van der Waals surface area contributed by atoms with Crippen LogP contribution in [0.3, 0.4) is 0 Å². The van der Waals surface area contributed by atoms with E-state index in [2.05, 4.69) is 21.9 Å². The number of hydrazone groups is 1. The van der Waals surface area contributed by atoms with Gasteiger partial charge >= 0.3 is 5.91 Å². The van der Waals surface area contributed by atoms with Gasteiger partial charge in [-0.2, -0.15) is 5.10 Å². The number of benzene rings is 2. The maximum atomic E-state index is 12.6. The van der Waals surface area contributed by atoms with Crippen molar-refractivity contribution in [3.8, 4) is 0 Å². The van der Waals surface area contributed by atoms with E-state index in [1.165, 1.54) is 30.7 Å². The minimum absolute atomic E-state index is 0.00613. The van der Waals surface area contributed by atoms with Crippen molar-refractivity contribution in [3.63, 3.8) is 0 Å². The summed E-state index contributed by atoms with van der Waals surface area (Å²) in [5.41, 5.74) is 7.19. The van der Waals surface area contributed by atoms with Crippen molar-refractivity contribution in [2.45, 2.75) is 37.6 Å². The Morgan fingerprint density at radius 2 is 1.77 bits per heavy atom. The molecule has 1 aliphatic carbocycles. The van der Waals surface area contributed by atoms with E-state index in [0.717, 1.165) is 41.8 Å². The van der Waals surface area contributed by atoms with Gasteiger partial charge in [-0.25, -0.2) is 5.43 Å². The minimum Gasteiger partial charge on any atom is -0.379 e. The number of ketones is 1. The molecule has 0 saturated heterocycles. The predicted octanol–water partition coefficient (Wildman–Crippen LogP) is 3.27. The maximum absolute atomic E-state index is 12.6. The Kier molecular flexibility index (Phi) is 5.89. The van der Waals surface area contributed by atoms with Crippen LogP contribution in [0.5, 0.6) is 0 Å². The number of anilines is 1. The van der Waals surface area contributed by atoms with E-state index < -0.39 is 11.7 Å². The van der Waals surface area contributed by atoms with Gasteiger partial charge in [0.25, 0.3) is 0 Å². The van der Waals surface area contributed by atoms with Crippen LogP contribution in [0.1, 0.15) is 42.4 Å². The molecule has 2 N–H and O–H groups in total. The molecule has 2 aromatic carbocycles. The number of amides is 1. The molecule has 0 unspecified atom stereocenters. The Morgan fingerprint density at radius 3 is 2.48 bits per heavy atom. The Labute approximate surface area is 183 Å². The van der Waals surface area contributed by atoms with Crippen LogP contribution < -0.4 is 15.6 Å². The number of hydrogen-bond donors (Lipinski definition) is 2. The summed E-state index contributed by atoms with van der Waals surface area (Å²) in [6, 6.07) is 15.8. The van der Waals surface area contributed by atoms with Crippen LogP contribution in [0.4, 0.5) is 5.69 Å².